The van der Waals surface area contributed by atoms with Crippen LogP contribution in [0.4, 0.5) is 0 Å². The first kappa shape index (κ1) is 23.8. The Bertz CT molecular complexity index is 1180. The van der Waals surface area contributed by atoms with E-state index in [9.17, 15) is 21.6 Å². The minimum absolute atomic E-state index is 0.168. The Morgan fingerprint density at radius 2 is 1.52 bits per heavy atom. The number of nitrogens with zero attached hydrogens (tertiary/aromatic N) is 2. The third-order valence-electron chi connectivity index (χ3n) is 5.85. The summed E-state index contributed by atoms with van der Waals surface area (Å²) in [6.07, 6.45) is 1.06. The van der Waals surface area contributed by atoms with Gasteiger partial charge in [-0.2, -0.15) is 8.61 Å². The molecule has 2 aliphatic heterocycles. The van der Waals surface area contributed by atoms with Crippen LogP contribution in [0.25, 0.3) is 0 Å². The van der Waals surface area contributed by atoms with E-state index in [1.165, 1.54) is 32.9 Å². The molecule has 0 radical (unpaired) electrons. The van der Waals surface area contributed by atoms with Crippen LogP contribution >= 0.6 is 0 Å². The average Bonchev–Trinajstić information content (AvgIpc) is 3.35. The summed E-state index contributed by atoms with van der Waals surface area (Å²) in [6, 6.07) is 13.7. The van der Waals surface area contributed by atoms with Gasteiger partial charge in [-0.05, 0) is 42.7 Å². The minimum Gasteiger partial charge on any atom is -0.379 e. The molecule has 0 spiro atoms. The van der Waals surface area contributed by atoms with E-state index < -0.39 is 26.1 Å². The number of carbonyl (C=O) groups excluding carboxylic acids is 1. The van der Waals surface area contributed by atoms with Crippen molar-refractivity contribution in [1.29, 1.82) is 0 Å². The van der Waals surface area contributed by atoms with E-state index in [0.29, 0.717) is 45.7 Å². The van der Waals surface area contributed by atoms with E-state index in [1.807, 2.05) is 0 Å². The summed E-state index contributed by atoms with van der Waals surface area (Å²) < 4.78 is 59.2. The third-order valence-corrected chi connectivity index (χ3v) is 9.69. The van der Waals surface area contributed by atoms with Gasteiger partial charge < -0.3 is 10.1 Å². The van der Waals surface area contributed by atoms with Gasteiger partial charge in [-0.15, -0.1) is 0 Å². The fourth-order valence-corrected chi connectivity index (χ4v) is 7.13. The third kappa shape index (κ3) is 5.12. The Balaban J connectivity index is 1.39. The van der Waals surface area contributed by atoms with Gasteiger partial charge in [0.1, 0.15) is 6.04 Å². The molecule has 9 nitrogen and oxygen atoms in total. The first-order chi connectivity index (χ1) is 15.8. The number of hydrogen-bond donors (Lipinski definition) is 1. The van der Waals surface area contributed by atoms with Crippen molar-refractivity contribution in [1.82, 2.24) is 13.9 Å². The number of morpholine rings is 1. The molecule has 1 atom stereocenters. The molecule has 1 N–H and O–H groups in total. The Kier molecular flexibility index (Phi) is 7.15. The molecule has 2 aromatic rings. The van der Waals surface area contributed by atoms with E-state index in [-0.39, 0.29) is 22.2 Å². The lowest BCUT2D eigenvalue weighted by Gasteiger charge is -2.26. The standard InChI is InChI=1S/C22H27N3O6S2/c26-22(21-7-4-12-25(21)33(29,30)19-5-2-1-3-6-19)23-17-18-8-10-20(11-9-18)32(27,28)24-13-15-31-16-14-24/h1-3,5-6,8-11,21H,4,7,12-17H2,(H,23,26). The van der Waals surface area contributed by atoms with Crippen molar-refractivity contribution in [2.45, 2.75) is 35.2 Å². The zero-order valence-electron chi connectivity index (χ0n) is 18.1. The van der Waals surface area contributed by atoms with Gasteiger partial charge in [0.2, 0.25) is 26.0 Å². The number of hydrogen-bond acceptors (Lipinski definition) is 6. The molecule has 2 aliphatic rings. The second-order valence-corrected chi connectivity index (χ2v) is 11.8. The molecule has 11 heteroatoms. The average molecular weight is 494 g/mol. The Labute approximate surface area is 194 Å². The molecule has 2 saturated heterocycles. The molecule has 0 saturated carbocycles. The molecule has 0 aliphatic carbocycles. The van der Waals surface area contributed by atoms with Gasteiger partial charge in [0.25, 0.3) is 0 Å². The molecule has 2 aromatic carbocycles. The zero-order chi connectivity index (χ0) is 23.5. The van der Waals surface area contributed by atoms with E-state index in [1.54, 1.807) is 30.3 Å². The maximum atomic E-state index is 13.0. The lowest BCUT2D eigenvalue weighted by atomic mass is 10.2. The molecular weight excluding hydrogens is 466 g/mol. The van der Waals surface area contributed by atoms with Crippen molar-refractivity contribution in [3.63, 3.8) is 0 Å². The van der Waals surface area contributed by atoms with Crippen LogP contribution in [0.15, 0.2) is 64.4 Å². The van der Waals surface area contributed by atoms with Crippen LogP contribution in [0, 0.1) is 0 Å². The van der Waals surface area contributed by atoms with Gasteiger partial charge in [-0.25, -0.2) is 16.8 Å². The molecule has 2 fully saturated rings. The van der Waals surface area contributed by atoms with Crippen LogP contribution in [0.1, 0.15) is 18.4 Å². The fraction of sp³-hybridized carbons (Fsp3) is 0.409. The van der Waals surface area contributed by atoms with E-state index in [2.05, 4.69) is 5.32 Å². The molecular formula is C22H27N3O6S2. The van der Waals surface area contributed by atoms with E-state index >= 15 is 0 Å². The second kappa shape index (κ2) is 9.90. The SMILES string of the molecule is O=C(NCc1ccc(S(=O)(=O)N2CCOCC2)cc1)C1CCCN1S(=O)(=O)c1ccccc1. The maximum absolute atomic E-state index is 13.0. The number of benzene rings is 2. The van der Waals surface area contributed by atoms with Gasteiger partial charge >= 0.3 is 0 Å². The van der Waals surface area contributed by atoms with Gasteiger partial charge in [0, 0.05) is 26.2 Å². The smallest absolute Gasteiger partial charge is 0.243 e. The van der Waals surface area contributed by atoms with E-state index in [4.69, 9.17) is 4.74 Å². The van der Waals surface area contributed by atoms with Crippen molar-refractivity contribution < 1.29 is 26.4 Å². The van der Waals surface area contributed by atoms with Crippen molar-refractivity contribution >= 4 is 26.0 Å². The van der Waals surface area contributed by atoms with Crippen LogP contribution in [0.5, 0.6) is 0 Å². The molecule has 33 heavy (non-hydrogen) atoms. The first-order valence-electron chi connectivity index (χ1n) is 10.8. The summed E-state index contributed by atoms with van der Waals surface area (Å²) >= 11 is 0. The highest BCUT2D eigenvalue weighted by Crippen LogP contribution is 2.26. The second-order valence-electron chi connectivity index (χ2n) is 7.97. The molecule has 2 heterocycles. The van der Waals surface area contributed by atoms with Gasteiger partial charge in [-0.1, -0.05) is 30.3 Å². The Morgan fingerprint density at radius 3 is 2.18 bits per heavy atom. The molecule has 4 rings (SSSR count). The Morgan fingerprint density at radius 1 is 0.879 bits per heavy atom. The zero-order valence-corrected chi connectivity index (χ0v) is 19.7. The van der Waals surface area contributed by atoms with Crippen LogP contribution in [0.3, 0.4) is 0 Å². The number of ether oxygens (including phenoxy) is 1. The number of carbonyl (C=O) groups is 1. The monoisotopic (exact) mass is 493 g/mol. The van der Waals surface area contributed by atoms with Gasteiger partial charge in [0.05, 0.1) is 23.0 Å². The van der Waals surface area contributed by atoms with Crippen molar-refractivity contribution in [2.24, 2.45) is 0 Å². The Hall–Kier alpha value is -2.31. The van der Waals surface area contributed by atoms with Crippen molar-refractivity contribution in [3.05, 3.63) is 60.2 Å². The molecule has 178 valence electrons. The summed E-state index contributed by atoms with van der Waals surface area (Å²) in [5.74, 6) is -0.364. The van der Waals surface area contributed by atoms with Gasteiger partial charge in [-0.3, -0.25) is 4.79 Å². The minimum atomic E-state index is -3.76. The molecule has 1 unspecified atom stereocenters. The van der Waals surface area contributed by atoms with Gasteiger partial charge in [0.15, 0.2) is 0 Å². The lowest BCUT2D eigenvalue weighted by Crippen LogP contribution is -2.45. The molecule has 0 aromatic heterocycles. The summed E-state index contributed by atoms with van der Waals surface area (Å²) in [4.78, 5) is 13.2. The highest BCUT2D eigenvalue weighted by atomic mass is 32.2. The van der Waals surface area contributed by atoms with Crippen LogP contribution < -0.4 is 5.32 Å². The topological polar surface area (TPSA) is 113 Å². The number of amides is 1. The lowest BCUT2D eigenvalue weighted by molar-refractivity contribution is -0.124. The first-order valence-corrected chi connectivity index (χ1v) is 13.7. The fourth-order valence-electron chi connectivity index (χ4n) is 4.04. The van der Waals surface area contributed by atoms with Crippen LogP contribution in [0.2, 0.25) is 0 Å². The van der Waals surface area contributed by atoms with Crippen LogP contribution in [-0.4, -0.2) is 70.2 Å². The largest absolute Gasteiger partial charge is 0.379 e. The van der Waals surface area contributed by atoms with Crippen LogP contribution in [-0.2, 0) is 36.1 Å². The number of sulfonamides is 2. The summed E-state index contributed by atoms with van der Waals surface area (Å²) in [6.45, 7) is 1.87. The predicted molar refractivity (Wildman–Crippen MR) is 121 cm³/mol. The highest BCUT2D eigenvalue weighted by Gasteiger charge is 2.39. The maximum Gasteiger partial charge on any atom is 0.243 e. The summed E-state index contributed by atoms with van der Waals surface area (Å²) in [5.41, 5.74) is 0.722. The van der Waals surface area contributed by atoms with Crippen molar-refractivity contribution in [2.75, 3.05) is 32.8 Å². The van der Waals surface area contributed by atoms with Crippen molar-refractivity contribution in [3.8, 4) is 0 Å². The number of rotatable bonds is 7. The molecule has 1 amide bonds. The summed E-state index contributed by atoms with van der Waals surface area (Å²) in [7, 11) is -7.34. The summed E-state index contributed by atoms with van der Waals surface area (Å²) in [5, 5.41) is 2.79. The normalized spacial score (nSPS) is 20.5. The van der Waals surface area contributed by atoms with E-state index in [0.717, 1.165) is 5.56 Å². The number of nitrogens with one attached hydrogen (secondary N) is 1. The predicted octanol–water partition coefficient (Wildman–Crippen LogP) is 1.18. The molecule has 0 bridgehead atoms. The quantitative estimate of drug-likeness (QED) is 0.620. The highest BCUT2D eigenvalue weighted by molar-refractivity contribution is 7.89.